The Morgan fingerprint density at radius 3 is 2.24 bits per heavy atom. The second kappa shape index (κ2) is 6.29. The topological polar surface area (TPSA) is 50.3 Å². The highest BCUT2D eigenvalue weighted by atomic mass is 79.9. The SMILES string of the molecule is CSN1CCN(c2ccc(-n3nc(Br)cc3N)cc2)CC1. The van der Waals surface area contributed by atoms with Crippen LogP contribution in [0.1, 0.15) is 0 Å². The summed E-state index contributed by atoms with van der Waals surface area (Å²) in [5.74, 6) is 0.628. The van der Waals surface area contributed by atoms with Crippen molar-refractivity contribution in [1.82, 2.24) is 14.1 Å². The molecule has 0 spiro atoms. The van der Waals surface area contributed by atoms with Gasteiger partial charge in [-0.3, -0.25) is 0 Å². The number of hydrogen-bond donors (Lipinski definition) is 1. The van der Waals surface area contributed by atoms with Crippen LogP contribution in [0.15, 0.2) is 34.9 Å². The number of nitrogens with zero attached hydrogens (tertiary/aromatic N) is 4. The van der Waals surface area contributed by atoms with Crippen molar-refractivity contribution < 1.29 is 0 Å². The Hall–Kier alpha value is -1.18. The van der Waals surface area contributed by atoms with Crippen molar-refractivity contribution in [1.29, 1.82) is 0 Å². The van der Waals surface area contributed by atoms with E-state index in [1.165, 1.54) is 5.69 Å². The Kier molecular flexibility index (Phi) is 4.42. The van der Waals surface area contributed by atoms with Crippen LogP contribution < -0.4 is 10.6 Å². The summed E-state index contributed by atoms with van der Waals surface area (Å²) < 4.78 is 4.88. The molecule has 0 saturated carbocycles. The predicted molar refractivity (Wildman–Crippen MR) is 93.0 cm³/mol. The van der Waals surface area contributed by atoms with E-state index in [0.717, 1.165) is 36.5 Å². The summed E-state index contributed by atoms with van der Waals surface area (Å²) in [5.41, 5.74) is 8.17. The van der Waals surface area contributed by atoms with E-state index in [-0.39, 0.29) is 0 Å². The van der Waals surface area contributed by atoms with Gasteiger partial charge in [-0.25, -0.2) is 8.99 Å². The zero-order chi connectivity index (χ0) is 14.8. The van der Waals surface area contributed by atoms with Crippen molar-refractivity contribution in [3.63, 3.8) is 0 Å². The van der Waals surface area contributed by atoms with E-state index >= 15 is 0 Å². The molecule has 1 fully saturated rings. The standard InChI is InChI=1S/C14H18BrN5S/c1-21-19-8-6-18(7-9-19)11-2-4-12(5-3-11)20-14(16)10-13(15)17-20/h2-5,10H,6-9,16H2,1H3. The van der Waals surface area contributed by atoms with Crippen molar-refractivity contribution >= 4 is 39.4 Å². The largest absolute Gasteiger partial charge is 0.384 e. The van der Waals surface area contributed by atoms with E-state index in [0.29, 0.717) is 5.82 Å². The maximum atomic E-state index is 5.94. The highest BCUT2D eigenvalue weighted by Crippen LogP contribution is 2.23. The minimum absolute atomic E-state index is 0.628. The molecular weight excluding hydrogens is 350 g/mol. The molecule has 1 aromatic heterocycles. The van der Waals surface area contributed by atoms with E-state index in [4.69, 9.17) is 5.73 Å². The van der Waals surface area contributed by atoms with Gasteiger partial charge in [0.1, 0.15) is 10.4 Å². The third kappa shape index (κ3) is 3.20. The first-order chi connectivity index (χ1) is 10.2. The van der Waals surface area contributed by atoms with Crippen LogP contribution in [0.3, 0.4) is 0 Å². The molecule has 3 rings (SSSR count). The van der Waals surface area contributed by atoms with Gasteiger partial charge in [-0.2, -0.15) is 5.10 Å². The molecule has 0 atom stereocenters. The fraction of sp³-hybridized carbons (Fsp3) is 0.357. The number of rotatable bonds is 3. The van der Waals surface area contributed by atoms with E-state index < -0.39 is 0 Å². The number of benzene rings is 1. The third-order valence-corrected chi connectivity index (χ3v) is 4.93. The summed E-state index contributed by atoms with van der Waals surface area (Å²) in [6.07, 6.45) is 2.14. The lowest BCUT2D eigenvalue weighted by Crippen LogP contribution is -2.43. The zero-order valence-electron chi connectivity index (χ0n) is 11.9. The molecule has 0 bridgehead atoms. The molecule has 2 N–H and O–H groups in total. The predicted octanol–water partition coefficient (Wildman–Crippen LogP) is 2.62. The Labute approximate surface area is 137 Å². The summed E-state index contributed by atoms with van der Waals surface area (Å²) in [4.78, 5) is 2.42. The Morgan fingerprint density at radius 2 is 1.71 bits per heavy atom. The summed E-state index contributed by atoms with van der Waals surface area (Å²) in [7, 11) is 0. The van der Waals surface area contributed by atoms with E-state index in [9.17, 15) is 0 Å². The molecule has 0 radical (unpaired) electrons. The van der Waals surface area contributed by atoms with Gasteiger partial charge >= 0.3 is 0 Å². The second-order valence-electron chi connectivity index (χ2n) is 4.92. The molecule has 0 amide bonds. The number of nitrogens with two attached hydrogens (primary N) is 1. The summed E-state index contributed by atoms with van der Waals surface area (Å²) in [6, 6.07) is 10.2. The lowest BCUT2D eigenvalue weighted by Gasteiger charge is -2.34. The van der Waals surface area contributed by atoms with Crippen molar-refractivity contribution in [2.45, 2.75) is 0 Å². The monoisotopic (exact) mass is 367 g/mol. The first kappa shape index (κ1) is 14.7. The maximum absolute atomic E-state index is 5.94. The molecule has 2 aromatic rings. The molecular formula is C14H18BrN5S. The smallest absolute Gasteiger partial charge is 0.130 e. The van der Waals surface area contributed by atoms with Gasteiger partial charge in [0, 0.05) is 37.9 Å². The second-order valence-corrected chi connectivity index (χ2v) is 6.61. The van der Waals surface area contributed by atoms with E-state index in [1.54, 1.807) is 10.7 Å². The molecule has 1 aliphatic rings. The summed E-state index contributed by atoms with van der Waals surface area (Å²) in [5, 5.41) is 4.33. The molecule has 0 unspecified atom stereocenters. The Balaban J connectivity index is 1.74. The van der Waals surface area contributed by atoms with Gasteiger partial charge < -0.3 is 10.6 Å². The van der Waals surface area contributed by atoms with Gasteiger partial charge in [-0.05, 0) is 46.5 Å². The molecule has 1 aliphatic heterocycles. The number of aromatic nitrogens is 2. The highest BCUT2D eigenvalue weighted by molar-refractivity contribution is 9.10. The van der Waals surface area contributed by atoms with Crippen molar-refractivity contribution in [3.05, 3.63) is 34.9 Å². The molecule has 1 aromatic carbocycles. The molecule has 21 heavy (non-hydrogen) atoms. The highest BCUT2D eigenvalue weighted by Gasteiger charge is 2.16. The molecule has 7 heteroatoms. The van der Waals surface area contributed by atoms with Crippen LogP contribution in [0.2, 0.25) is 0 Å². The number of piperazine rings is 1. The van der Waals surface area contributed by atoms with Crippen LogP contribution in [-0.2, 0) is 0 Å². The number of nitrogen functional groups attached to an aromatic ring is 1. The first-order valence-corrected chi connectivity index (χ1v) is 8.80. The lowest BCUT2D eigenvalue weighted by molar-refractivity contribution is 0.431. The van der Waals surface area contributed by atoms with E-state index in [2.05, 4.69) is 60.8 Å². The number of anilines is 2. The van der Waals surface area contributed by atoms with Crippen LogP contribution in [0.25, 0.3) is 5.69 Å². The Bertz CT molecular complexity index is 604. The van der Waals surface area contributed by atoms with Crippen molar-refractivity contribution in [3.8, 4) is 5.69 Å². The molecule has 0 aliphatic carbocycles. The normalized spacial score (nSPS) is 16.4. The van der Waals surface area contributed by atoms with Crippen molar-refractivity contribution in [2.75, 3.05) is 43.1 Å². The minimum atomic E-state index is 0.628. The first-order valence-electron chi connectivity index (χ1n) is 6.83. The lowest BCUT2D eigenvalue weighted by atomic mass is 10.2. The number of hydrogen-bond acceptors (Lipinski definition) is 5. The maximum Gasteiger partial charge on any atom is 0.130 e. The quantitative estimate of drug-likeness (QED) is 0.845. The Morgan fingerprint density at radius 1 is 1.10 bits per heavy atom. The molecule has 112 valence electrons. The summed E-state index contributed by atoms with van der Waals surface area (Å²) in [6.45, 7) is 4.33. The van der Waals surface area contributed by atoms with Gasteiger partial charge in [0.05, 0.1) is 5.69 Å². The van der Waals surface area contributed by atoms with Crippen LogP contribution in [0, 0.1) is 0 Å². The van der Waals surface area contributed by atoms with Gasteiger partial charge in [0.2, 0.25) is 0 Å². The van der Waals surface area contributed by atoms with Crippen LogP contribution in [0.4, 0.5) is 11.5 Å². The van der Waals surface area contributed by atoms with Gasteiger partial charge in [-0.1, -0.05) is 11.9 Å². The van der Waals surface area contributed by atoms with Crippen LogP contribution in [0.5, 0.6) is 0 Å². The van der Waals surface area contributed by atoms with Gasteiger partial charge in [0.25, 0.3) is 0 Å². The van der Waals surface area contributed by atoms with Crippen LogP contribution in [-0.4, -0.2) is 46.5 Å². The number of halogens is 1. The van der Waals surface area contributed by atoms with Crippen molar-refractivity contribution in [2.24, 2.45) is 0 Å². The van der Waals surface area contributed by atoms with Crippen LogP contribution >= 0.6 is 27.9 Å². The van der Waals surface area contributed by atoms with E-state index in [1.807, 2.05) is 11.9 Å². The molecule has 5 nitrogen and oxygen atoms in total. The fourth-order valence-corrected chi connectivity index (χ4v) is 3.43. The average Bonchev–Trinajstić information content (AvgIpc) is 2.86. The molecule has 1 saturated heterocycles. The minimum Gasteiger partial charge on any atom is -0.384 e. The van der Waals surface area contributed by atoms with Gasteiger partial charge in [-0.15, -0.1) is 0 Å². The fourth-order valence-electron chi connectivity index (χ4n) is 2.51. The third-order valence-electron chi connectivity index (χ3n) is 3.66. The molecule has 2 heterocycles. The average molecular weight is 368 g/mol. The summed E-state index contributed by atoms with van der Waals surface area (Å²) >= 11 is 5.17. The zero-order valence-corrected chi connectivity index (χ0v) is 14.3. The van der Waals surface area contributed by atoms with Gasteiger partial charge in [0.15, 0.2) is 0 Å².